The van der Waals surface area contributed by atoms with Crippen molar-refractivity contribution in [2.75, 3.05) is 19.6 Å². The number of benzene rings is 1. The molecule has 1 aliphatic rings. The van der Waals surface area contributed by atoms with Gasteiger partial charge < -0.3 is 10.6 Å². The molecule has 1 unspecified atom stereocenters. The van der Waals surface area contributed by atoms with E-state index in [2.05, 4.69) is 15.7 Å². The molecule has 1 aliphatic heterocycles. The lowest BCUT2D eigenvalue weighted by molar-refractivity contribution is 0.0940. The summed E-state index contributed by atoms with van der Waals surface area (Å²) in [7, 11) is 1.87. The first kappa shape index (κ1) is 13.1. The van der Waals surface area contributed by atoms with E-state index in [1.807, 2.05) is 31.3 Å². The van der Waals surface area contributed by atoms with E-state index in [0.717, 1.165) is 30.5 Å². The van der Waals surface area contributed by atoms with Crippen molar-refractivity contribution < 1.29 is 4.79 Å². The predicted molar refractivity (Wildman–Crippen MR) is 78.6 cm³/mol. The highest BCUT2D eigenvalue weighted by atomic mass is 16.1. The number of amides is 1. The minimum absolute atomic E-state index is 0.0765. The zero-order chi connectivity index (χ0) is 13.9. The molecule has 1 fully saturated rings. The van der Waals surface area contributed by atoms with Gasteiger partial charge in [0.25, 0.3) is 5.91 Å². The van der Waals surface area contributed by atoms with Gasteiger partial charge in [-0.3, -0.25) is 9.48 Å². The molecule has 1 aromatic heterocycles. The third-order valence-corrected chi connectivity index (χ3v) is 3.92. The van der Waals surface area contributed by atoms with Gasteiger partial charge in [0.05, 0.1) is 5.52 Å². The first-order chi connectivity index (χ1) is 9.75. The largest absolute Gasteiger partial charge is 0.350 e. The average Bonchev–Trinajstić information content (AvgIpc) is 2.84. The summed E-state index contributed by atoms with van der Waals surface area (Å²) in [5.41, 5.74) is 1.50. The Balaban J connectivity index is 1.72. The second-order valence-electron chi connectivity index (χ2n) is 5.41. The monoisotopic (exact) mass is 272 g/mol. The Hall–Kier alpha value is -1.88. The van der Waals surface area contributed by atoms with Gasteiger partial charge in [0.15, 0.2) is 5.69 Å². The first-order valence-corrected chi connectivity index (χ1v) is 7.16. The number of piperidine rings is 1. The molecule has 0 saturated carbocycles. The van der Waals surface area contributed by atoms with Gasteiger partial charge in [0, 0.05) is 19.0 Å². The number of carbonyl (C=O) groups is 1. The maximum Gasteiger partial charge on any atom is 0.272 e. The Kier molecular flexibility index (Phi) is 3.69. The summed E-state index contributed by atoms with van der Waals surface area (Å²) in [6.45, 7) is 2.80. The number of fused-ring (bicyclic) bond motifs is 1. The molecule has 1 saturated heterocycles. The van der Waals surface area contributed by atoms with Crippen molar-refractivity contribution in [1.82, 2.24) is 20.4 Å². The third kappa shape index (κ3) is 2.54. The Morgan fingerprint density at radius 3 is 3.15 bits per heavy atom. The van der Waals surface area contributed by atoms with Crippen molar-refractivity contribution in [3.8, 4) is 0 Å². The van der Waals surface area contributed by atoms with E-state index >= 15 is 0 Å². The van der Waals surface area contributed by atoms with Crippen molar-refractivity contribution >= 4 is 16.8 Å². The molecule has 2 heterocycles. The maximum atomic E-state index is 12.3. The SMILES string of the molecule is Cn1nc(C(=O)NCC2CCCNC2)c2ccccc21. The van der Waals surface area contributed by atoms with Gasteiger partial charge in [-0.2, -0.15) is 5.10 Å². The summed E-state index contributed by atoms with van der Waals surface area (Å²) >= 11 is 0. The zero-order valence-electron chi connectivity index (χ0n) is 11.7. The number of para-hydroxylation sites is 1. The molecule has 0 bridgehead atoms. The van der Waals surface area contributed by atoms with Crippen molar-refractivity contribution in [2.45, 2.75) is 12.8 Å². The highest BCUT2D eigenvalue weighted by molar-refractivity contribution is 6.04. The number of carbonyl (C=O) groups excluding carboxylic acids is 1. The van der Waals surface area contributed by atoms with Gasteiger partial charge in [-0.05, 0) is 37.9 Å². The molecular weight excluding hydrogens is 252 g/mol. The van der Waals surface area contributed by atoms with Crippen LogP contribution in [0.3, 0.4) is 0 Å². The first-order valence-electron chi connectivity index (χ1n) is 7.16. The smallest absolute Gasteiger partial charge is 0.272 e. The van der Waals surface area contributed by atoms with Crippen LogP contribution in [0.5, 0.6) is 0 Å². The van der Waals surface area contributed by atoms with Crippen LogP contribution < -0.4 is 10.6 Å². The molecule has 0 radical (unpaired) electrons. The third-order valence-electron chi connectivity index (χ3n) is 3.92. The van der Waals surface area contributed by atoms with Gasteiger partial charge in [-0.15, -0.1) is 0 Å². The van der Waals surface area contributed by atoms with Gasteiger partial charge in [-0.25, -0.2) is 0 Å². The Morgan fingerprint density at radius 1 is 1.50 bits per heavy atom. The molecule has 1 amide bonds. The van der Waals surface area contributed by atoms with Gasteiger partial charge in [-0.1, -0.05) is 18.2 Å². The molecule has 1 atom stereocenters. The van der Waals surface area contributed by atoms with Crippen LogP contribution >= 0.6 is 0 Å². The highest BCUT2D eigenvalue weighted by Gasteiger charge is 2.18. The molecule has 0 spiro atoms. The van der Waals surface area contributed by atoms with E-state index in [4.69, 9.17) is 0 Å². The molecule has 106 valence electrons. The Bertz CT molecular complexity index is 613. The van der Waals surface area contributed by atoms with Crippen molar-refractivity contribution in [3.63, 3.8) is 0 Å². The number of rotatable bonds is 3. The van der Waals surface area contributed by atoms with Crippen molar-refractivity contribution in [3.05, 3.63) is 30.0 Å². The van der Waals surface area contributed by atoms with Crippen molar-refractivity contribution in [2.24, 2.45) is 13.0 Å². The molecule has 2 aromatic rings. The standard InChI is InChI=1S/C15H20N4O/c1-19-13-7-3-2-6-12(13)14(18-19)15(20)17-10-11-5-4-8-16-9-11/h2-3,6-7,11,16H,4-5,8-10H2,1H3,(H,17,20). The minimum atomic E-state index is -0.0765. The van der Waals surface area contributed by atoms with Crippen LogP contribution in [0.15, 0.2) is 24.3 Å². The number of nitrogens with zero attached hydrogens (tertiary/aromatic N) is 2. The quantitative estimate of drug-likeness (QED) is 0.885. The summed E-state index contributed by atoms with van der Waals surface area (Å²) in [4.78, 5) is 12.3. The zero-order valence-corrected chi connectivity index (χ0v) is 11.7. The average molecular weight is 272 g/mol. The fourth-order valence-corrected chi connectivity index (χ4v) is 2.80. The summed E-state index contributed by atoms with van der Waals surface area (Å²) in [6, 6.07) is 7.81. The predicted octanol–water partition coefficient (Wildman–Crippen LogP) is 1.30. The number of aromatic nitrogens is 2. The fraction of sp³-hybridized carbons (Fsp3) is 0.467. The number of hydrogen-bond donors (Lipinski definition) is 2. The Labute approximate surface area is 118 Å². The lowest BCUT2D eigenvalue weighted by Crippen LogP contribution is -2.38. The normalized spacial score (nSPS) is 19.1. The molecule has 3 rings (SSSR count). The fourth-order valence-electron chi connectivity index (χ4n) is 2.80. The summed E-state index contributed by atoms with van der Waals surface area (Å²) in [5.74, 6) is 0.454. The summed E-state index contributed by atoms with van der Waals surface area (Å²) in [6.07, 6.45) is 2.36. The second kappa shape index (κ2) is 5.63. The Morgan fingerprint density at radius 2 is 2.35 bits per heavy atom. The minimum Gasteiger partial charge on any atom is -0.350 e. The van der Waals surface area contributed by atoms with Crippen LogP contribution in [-0.4, -0.2) is 35.3 Å². The van der Waals surface area contributed by atoms with E-state index in [-0.39, 0.29) is 5.91 Å². The molecule has 2 N–H and O–H groups in total. The van der Waals surface area contributed by atoms with Crippen LogP contribution in [0.25, 0.3) is 10.9 Å². The van der Waals surface area contributed by atoms with E-state index < -0.39 is 0 Å². The molecule has 5 nitrogen and oxygen atoms in total. The van der Waals surface area contributed by atoms with Crippen LogP contribution in [0.2, 0.25) is 0 Å². The maximum absolute atomic E-state index is 12.3. The molecule has 1 aromatic carbocycles. The summed E-state index contributed by atoms with van der Waals surface area (Å²) < 4.78 is 1.76. The molecule has 20 heavy (non-hydrogen) atoms. The lowest BCUT2D eigenvalue weighted by atomic mass is 10.00. The highest BCUT2D eigenvalue weighted by Crippen LogP contribution is 2.17. The lowest BCUT2D eigenvalue weighted by Gasteiger charge is -2.22. The van der Waals surface area contributed by atoms with Gasteiger partial charge >= 0.3 is 0 Å². The molecule has 5 heteroatoms. The molecular formula is C15H20N4O. The van der Waals surface area contributed by atoms with E-state index in [1.165, 1.54) is 12.8 Å². The second-order valence-corrected chi connectivity index (χ2v) is 5.41. The van der Waals surface area contributed by atoms with Gasteiger partial charge in [0.2, 0.25) is 0 Å². The van der Waals surface area contributed by atoms with Crippen LogP contribution in [0, 0.1) is 5.92 Å². The van der Waals surface area contributed by atoms with E-state index in [0.29, 0.717) is 11.6 Å². The van der Waals surface area contributed by atoms with Crippen LogP contribution in [-0.2, 0) is 7.05 Å². The topological polar surface area (TPSA) is 59.0 Å². The van der Waals surface area contributed by atoms with E-state index in [1.54, 1.807) is 4.68 Å². The number of nitrogens with one attached hydrogen (secondary N) is 2. The number of hydrogen-bond acceptors (Lipinski definition) is 3. The van der Waals surface area contributed by atoms with Crippen LogP contribution in [0.1, 0.15) is 23.3 Å². The van der Waals surface area contributed by atoms with Crippen molar-refractivity contribution in [1.29, 1.82) is 0 Å². The molecule has 0 aliphatic carbocycles. The van der Waals surface area contributed by atoms with Gasteiger partial charge in [0.1, 0.15) is 0 Å². The van der Waals surface area contributed by atoms with Crippen LogP contribution in [0.4, 0.5) is 0 Å². The summed E-state index contributed by atoms with van der Waals surface area (Å²) in [5, 5.41) is 11.6. The van der Waals surface area contributed by atoms with E-state index in [9.17, 15) is 4.79 Å². The number of aryl methyl sites for hydroxylation is 1.